The van der Waals surface area contributed by atoms with Gasteiger partial charge in [-0.15, -0.1) is 12.6 Å². The van der Waals surface area contributed by atoms with E-state index in [4.69, 9.17) is 0 Å². The molecular formula is C11H19FS. The molecule has 0 rings (SSSR count). The molecule has 0 saturated carbocycles. The summed E-state index contributed by atoms with van der Waals surface area (Å²) in [6, 6.07) is 0. The van der Waals surface area contributed by atoms with Crippen molar-refractivity contribution in [2.24, 2.45) is 11.3 Å². The van der Waals surface area contributed by atoms with E-state index in [1.54, 1.807) is 0 Å². The molecule has 0 aromatic heterocycles. The van der Waals surface area contributed by atoms with Crippen molar-refractivity contribution in [2.75, 3.05) is 0 Å². The van der Waals surface area contributed by atoms with E-state index in [-0.39, 0.29) is 17.2 Å². The van der Waals surface area contributed by atoms with E-state index in [0.717, 1.165) is 0 Å². The Morgan fingerprint density at radius 1 is 1.46 bits per heavy atom. The van der Waals surface area contributed by atoms with Gasteiger partial charge in [0.2, 0.25) is 0 Å². The number of allylic oxidation sites excluding steroid dienone is 4. The van der Waals surface area contributed by atoms with Crippen LogP contribution in [0.5, 0.6) is 0 Å². The Hall–Kier alpha value is -0.240. The third-order valence-electron chi connectivity index (χ3n) is 2.56. The van der Waals surface area contributed by atoms with Crippen molar-refractivity contribution in [1.82, 2.24) is 0 Å². The monoisotopic (exact) mass is 202 g/mol. The van der Waals surface area contributed by atoms with Crippen LogP contribution in [-0.4, -0.2) is 0 Å². The van der Waals surface area contributed by atoms with Gasteiger partial charge in [0.15, 0.2) is 0 Å². The number of halogens is 1. The Balaban J connectivity index is 4.86. The molecule has 0 radical (unpaired) electrons. The molecular weight excluding hydrogens is 183 g/mol. The lowest BCUT2D eigenvalue weighted by molar-refractivity contribution is 0.351. The second-order valence-electron chi connectivity index (χ2n) is 3.92. The molecule has 0 fully saturated rings. The van der Waals surface area contributed by atoms with Gasteiger partial charge in [0.25, 0.3) is 0 Å². The third-order valence-corrected chi connectivity index (χ3v) is 3.44. The first-order valence-corrected chi connectivity index (χ1v) is 4.97. The Kier molecular flexibility index (Phi) is 4.76. The summed E-state index contributed by atoms with van der Waals surface area (Å²) >= 11 is 4.21. The van der Waals surface area contributed by atoms with Crippen molar-refractivity contribution < 1.29 is 4.39 Å². The van der Waals surface area contributed by atoms with Gasteiger partial charge in [0, 0.05) is 10.3 Å². The van der Waals surface area contributed by atoms with Crippen molar-refractivity contribution >= 4 is 12.6 Å². The summed E-state index contributed by atoms with van der Waals surface area (Å²) in [4.78, 5) is 0.540. The van der Waals surface area contributed by atoms with E-state index in [1.807, 2.05) is 26.8 Å². The molecule has 0 aromatic rings. The van der Waals surface area contributed by atoms with Gasteiger partial charge in [-0.3, -0.25) is 0 Å². The molecule has 0 aliphatic carbocycles. The van der Waals surface area contributed by atoms with Crippen molar-refractivity contribution in [3.63, 3.8) is 0 Å². The molecule has 0 aliphatic heterocycles. The van der Waals surface area contributed by atoms with Gasteiger partial charge in [0.05, 0.1) is 0 Å². The van der Waals surface area contributed by atoms with Crippen LogP contribution >= 0.6 is 12.6 Å². The van der Waals surface area contributed by atoms with Gasteiger partial charge in [0.1, 0.15) is 5.83 Å². The molecule has 0 spiro atoms. The zero-order valence-corrected chi connectivity index (χ0v) is 9.95. The molecule has 1 atom stereocenters. The zero-order valence-electron chi connectivity index (χ0n) is 9.06. The van der Waals surface area contributed by atoms with Crippen LogP contribution in [0.25, 0.3) is 0 Å². The molecule has 76 valence electrons. The summed E-state index contributed by atoms with van der Waals surface area (Å²) in [6.45, 7) is 9.49. The maximum atomic E-state index is 13.0. The highest BCUT2D eigenvalue weighted by atomic mass is 32.1. The minimum Gasteiger partial charge on any atom is -0.211 e. The van der Waals surface area contributed by atoms with Crippen molar-refractivity contribution in [3.05, 3.63) is 22.9 Å². The summed E-state index contributed by atoms with van der Waals surface area (Å²) < 4.78 is 13.0. The molecule has 0 heterocycles. The van der Waals surface area contributed by atoms with Gasteiger partial charge in [-0.05, 0) is 19.8 Å². The fourth-order valence-electron chi connectivity index (χ4n) is 1.19. The molecule has 0 aliphatic rings. The number of hydrogen-bond donors (Lipinski definition) is 1. The Bertz CT molecular complexity index is 222. The standard InChI is InChI=1S/C11H19FS/c1-6-7-8(2)11(4,5)10(13)9(3)12/h6-8,13H,1-5H3/b7-6?,10-9-. The topological polar surface area (TPSA) is 0 Å². The van der Waals surface area contributed by atoms with Gasteiger partial charge in [-0.1, -0.05) is 32.9 Å². The molecule has 0 nitrogen and oxygen atoms in total. The van der Waals surface area contributed by atoms with E-state index in [1.165, 1.54) is 6.92 Å². The van der Waals surface area contributed by atoms with Gasteiger partial charge < -0.3 is 0 Å². The van der Waals surface area contributed by atoms with Crippen LogP contribution in [0.4, 0.5) is 4.39 Å². The number of thiol groups is 1. The average molecular weight is 202 g/mol. The summed E-state index contributed by atoms with van der Waals surface area (Å²) in [6.07, 6.45) is 4.06. The first kappa shape index (κ1) is 12.8. The van der Waals surface area contributed by atoms with Gasteiger partial charge >= 0.3 is 0 Å². The fraction of sp³-hybridized carbons (Fsp3) is 0.636. The van der Waals surface area contributed by atoms with E-state index < -0.39 is 0 Å². The van der Waals surface area contributed by atoms with Crippen LogP contribution in [0, 0.1) is 11.3 Å². The Morgan fingerprint density at radius 3 is 2.23 bits per heavy atom. The predicted octanol–water partition coefficient (Wildman–Crippen LogP) is 4.36. The first-order chi connectivity index (χ1) is 5.84. The number of rotatable bonds is 3. The van der Waals surface area contributed by atoms with E-state index in [2.05, 4.69) is 25.6 Å². The minimum absolute atomic E-state index is 0.190. The lowest BCUT2D eigenvalue weighted by Gasteiger charge is -2.30. The van der Waals surface area contributed by atoms with Crippen LogP contribution in [0.3, 0.4) is 0 Å². The van der Waals surface area contributed by atoms with Gasteiger partial charge in [-0.2, -0.15) is 0 Å². The maximum Gasteiger partial charge on any atom is 0.107 e. The van der Waals surface area contributed by atoms with Crippen molar-refractivity contribution in [3.8, 4) is 0 Å². The fourth-order valence-corrected chi connectivity index (χ4v) is 1.39. The summed E-state index contributed by atoms with van der Waals surface area (Å²) in [5.41, 5.74) is -0.228. The normalized spacial score (nSPS) is 17.5. The van der Waals surface area contributed by atoms with Crippen LogP contribution in [0.1, 0.15) is 34.6 Å². The molecule has 0 aromatic carbocycles. The quantitative estimate of drug-likeness (QED) is 0.510. The third kappa shape index (κ3) is 3.18. The minimum atomic E-state index is -0.228. The molecule has 1 unspecified atom stereocenters. The van der Waals surface area contributed by atoms with Crippen LogP contribution in [-0.2, 0) is 0 Å². The predicted molar refractivity (Wildman–Crippen MR) is 60.6 cm³/mol. The molecule has 13 heavy (non-hydrogen) atoms. The highest BCUT2D eigenvalue weighted by molar-refractivity contribution is 7.84. The summed E-state index contributed by atoms with van der Waals surface area (Å²) in [5.74, 6) is 0.0976. The van der Waals surface area contributed by atoms with Crippen LogP contribution < -0.4 is 0 Å². The molecule has 0 bridgehead atoms. The summed E-state index contributed by atoms with van der Waals surface area (Å²) in [7, 11) is 0. The molecule has 0 N–H and O–H groups in total. The number of hydrogen-bond acceptors (Lipinski definition) is 1. The Labute approximate surface area is 86.3 Å². The van der Waals surface area contributed by atoms with E-state index in [9.17, 15) is 4.39 Å². The molecule has 2 heteroatoms. The second-order valence-corrected chi connectivity index (χ2v) is 4.37. The van der Waals surface area contributed by atoms with Crippen LogP contribution in [0.15, 0.2) is 22.9 Å². The molecule has 0 saturated heterocycles. The van der Waals surface area contributed by atoms with Gasteiger partial charge in [-0.25, -0.2) is 4.39 Å². The average Bonchev–Trinajstić information content (AvgIpc) is 2.03. The smallest absolute Gasteiger partial charge is 0.107 e. The first-order valence-electron chi connectivity index (χ1n) is 4.52. The van der Waals surface area contributed by atoms with Crippen molar-refractivity contribution in [1.29, 1.82) is 0 Å². The zero-order chi connectivity index (χ0) is 10.6. The lowest BCUT2D eigenvalue weighted by Crippen LogP contribution is -2.21. The summed E-state index contributed by atoms with van der Waals surface area (Å²) in [5, 5.41) is 0. The van der Waals surface area contributed by atoms with E-state index in [0.29, 0.717) is 4.91 Å². The van der Waals surface area contributed by atoms with Crippen LogP contribution in [0.2, 0.25) is 0 Å². The highest BCUT2D eigenvalue weighted by Crippen LogP contribution is 2.39. The second kappa shape index (κ2) is 4.85. The Morgan fingerprint density at radius 2 is 1.92 bits per heavy atom. The van der Waals surface area contributed by atoms with E-state index >= 15 is 0 Å². The maximum absolute atomic E-state index is 13.0. The largest absolute Gasteiger partial charge is 0.211 e. The van der Waals surface area contributed by atoms with Crippen molar-refractivity contribution in [2.45, 2.75) is 34.6 Å². The SMILES string of the molecule is CC=CC(C)C(C)(C)/C(S)=C(\C)F. The highest BCUT2D eigenvalue weighted by Gasteiger charge is 2.28. The molecule has 0 amide bonds. The lowest BCUT2D eigenvalue weighted by atomic mass is 9.79.